The molecule has 0 spiro atoms. The topological polar surface area (TPSA) is 26.3 Å². The fourth-order valence-corrected chi connectivity index (χ4v) is 1.67. The van der Waals surface area contributed by atoms with E-state index in [-0.39, 0.29) is 5.97 Å². The maximum atomic E-state index is 10.9. The number of aryl methyl sites for hydroxylation is 2. The molecule has 0 saturated heterocycles. The summed E-state index contributed by atoms with van der Waals surface area (Å²) in [5, 5.41) is 0. The summed E-state index contributed by atoms with van der Waals surface area (Å²) in [5.74, 6) is -0.121. The van der Waals surface area contributed by atoms with Crippen molar-refractivity contribution in [3.8, 4) is 0 Å². The predicted octanol–water partition coefficient (Wildman–Crippen LogP) is 2.74. The zero-order chi connectivity index (χ0) is 11.1. The highest BCUT2D eigenvalue weighted by atomic mass is 16.5. The van der Waals surface area contributed by atoms with Crippen LogP contribution in [0, 0.1) is 0 Å². The molecule has 2 heteroatoms. The lowest BCUT2D eigenvalue weighted by molar-refractivity contribution is -0.140. The zero-order valence-corrected chi connectivity index (χ0v) is 9.45. The first-order valence-corrected chi connectivity index (χ1v) is 5.41. The quantitative estimate of drug-likeness (QED) is 0.692. The van der Waals surface area contributed by atoms with Crippen LogP contribution in [-0.4, -0.2) is 13.1 Å². The first-order chi connectivity index (χ1) is 7.27. The second-order valence-electron chi connectivity index (χ2n) is 3.55. The van der Waals surface area contributed by atoms with E-state index in [2.05, 4.69) is 29.9 Å². The number of hydrogen-bond donors (Lipinski definition) is 0. The van der Waals surface area contributed by atoms with Crippen LogP contribution in [0.1, 0.15) is 30.9 Å². The third-order valence-corrected chi connectivity index (χ3v) is 2.55. The van der Waals surface area contributed by atoms with Crippen molar-refractivity contribution in [3.63, 3.8) is 0 Å². The molecule has 15 heavy (non-hydrogen) atoms. The lowest BCUT2D eigenvalue weighted by Crippen LogP contribution is -2.01. The van der Waals surface area contributed by atoms with E-state index in [0.29, 0.717) is 6.42 Å². The van der Waals surface area contributed by atoms with Crippen LogP contribution in [0.3, 0.4) is 0 Å². The molecule has 0 N–H and O–H groups in total. The molecular formula is C13H18O2. The fourth-order valence-electron chi connectivity index (χ4n) is 1.67. The van der Waals surface area contributed by atoms with Gasteiger partial charge in [-0.3, -0.25) is 4.79 Å². The lowest BCUT2D eigenvalue weighted by Gasteiger charge is -2.06. The van der Waals surface area contributed by atoms with Gasteiger partial charge in [0.2, 0.25) is 0 Å². The number of hydrogen-bond acceptors (Lipinski definition) is 2. The fraction of sp³-hybridized carbons (Fsp3) is 0.462. The Hall–Kier alpha value is -1.31. The van der Waals surface area contributed by atoms with Crippen LogP contribution < -0.4 is 0 Å². The summed E-state index contributed by atoms with van der Waals surface area (Å²) in [6.45, 7) is 2.15. The molecular weight excluding hydrogens is 188 g/mol. The maximum Gasteiger partial charge on any atom is 0.305 e. The van der Waals surface area contributed by atoms with Crippen LogP contribution >= 0.6 is 0 Å². The molecule has 0 aliphatic carbocycles. The summed E-state index contributed by atoms with van der Waals surface area (Å²) in [6.07, 6.45) is 3.38. The van der Waals surface area contributed by atoms with E-state index in [9.17, 15) is 4.79 Å². The summed E-state index contributed by atoms with van der Waals surface area (Å²) in [4.78, 5) is 10.9. The SMILES string of the molecule is CCc1ccccc1CCCC(=O)OC. The van der Waals surface area contributed by atoms with Gasteiger partial charge in [0.25, 0.3) is 0 Å². The van der Waals surface area contributed by atoms with E-state index in [1.165, 1.54) is 18.2 Å². The average Bonchev–Trinajstić information content (AvgIpc) is 2.29. The largest absolute Gasteiger partial charge is 0.469 e. The van der Waals surface area contributed by atoms with Crippen molar-refractivity contribution in [3.05, 3.63) is 35.4 Å². The van der Waals surface area contributed by atoms with Gasteiger partial charge in [-0.15, -0.1) is 0 Å². The van der Waals surface area contributed by atoms with Gasteiger partial charge >= 0.3 is 5.97 Å². The van der Waals surface area contributed by atoms with Crippen molar-refractivity contribution in [2.24, 2.45) is 0 Å². The van der Waals surface area contributed by atoms with Gasteiger partial charge in [-0.05, 0) is 30.4 Å². The van der Waals surface area contributed by atoms with Crippen LogP contribution in [0.25, 0.3) is 0 Å². The number of methoxy groups -OCH3 is 1. The summed E-state index contributed by atoms with van der Waals surface area (Å²) in [5.41, 5.74) is 2.73. The van der Waals surface area contributed by atoms with Crippen LogP contribution in [0.15, 0.2) is 24.3 Å². The third-order valence-electron chi connectivity index (χ3n) is 2.55. The molecule has 0 saturated carbocycles. The van der Waals surface area contributed by atoms with Gasteiger partial charge in [0.15, 0.2) is 0 Å². The van der Waals surface area contributed by atoms with Gasteiger partial charge in [0, 0.05) is 6.42 Å². The van der Waals surface area contributed by atoms with Gasteiger partial charge in [0.05, 0.1) is 7.11 Å². The minimum Gasteiger partial charge on any atom is -0.469 e. The Kier molecular flexibility index (Phi) is 4.88. The zero-order valence-electron chi connectivity index (χ0n) is 9.45. The molecule has 0 atom stereocenters. The van der Waals surface area contributed by atoms with Crippen molar-refractivity contribution >= 4 is 5.97 Å². The molecule has 0 aliphatic heterocycles. The van der Waals surface area contributed by atoms with E-state index < -0.39 is 0 Å². The molecule has 0 bridgehead atoms. The Labute approximate surface area is 91.3 Å². The predicted molar refractivity (Wildman–Crippen MR) is 60.8 cm³/mol. The Morgan fingerprint density at radius 3 is 2.53 bits per heavy atom. The van der Waals surface area contributed by atoms with Gasteiger partial charge in [-0.1, -0.05) is 31.2 Å². The molecule has 0 amide bonds. The van der Waals surface area contributed by atoms with E-state index in [4.69, 9.17) is 0 Å². The number of esters is 1. The van der Waals surface area contributed by atoms with Crippen molar-refractivity contribution in [1.82, 2.24) is 0 Å². The van der Waals surface area contributed by atoms with Gasteiger partial charge in [0.1, 0.15) is 0 Å². The first kappa shape index (κ1) is 11.8. The van der Waals surface area contributed by atoms with Gasteiger partial charge < -0.3 is 4.74 Å². The first-order valence-electron chi connectivity index (χ1n) is 5.41. The van der Waals surface area contributed by atoms with Crippen molar-refractivity contribution in [2.45, 2.75) is 32.6 Å². The number of carbonyl (C=O) groups excluding carboxylic acids is 1. The molecule has 1 rings (SSSR count). The number of benzene rings is 1. The number of rotatable bonds is 5. The Bertz CT molecular complexity index is 318. The normalized spacial score (nSPS) is 10.0. The standard InChI is InChI=1S/C13H18O2/c1-3-11-7-4-5-8-12(11)9-6-10-13(14)15-2/h4-5,7-8H,3,6,9-10H2,1-2H3. The molecule has 0 unspecified atom stereocenters. The summed E-state index contributed by atoms with van der Waals surface area (Å²) in [7, 11) is 1.43. The molecule has 0 radical (unpaired) electrons. The van der Waals surface area contributed by atoms with Crippen LogP contribution in [0.4, 0.5) is 0 Å². The molecule has 0 heterocycles. The monoisotopic (exact) mass is 206 g/mol. The Balaban J connectivity index is 2.46. The highest BCUT2D eigenvalue weighted by Gasteiger charge is 2.02. The highest BCUT2D eigenvalue weighted by molar-refractivity contribution is 5.69. The Morgan fingerprint density at radius 2 is 1.93 bits per heavy atom. The average molecular weight is 206 g/mol. The van der Waals surface area contributed by atoms with Crippen LogP contribution in [-0.2, 0) is 22.4 Å². The van der Waals surface area contributed by atoms with Crippen molar-refractivity contribution in [2.75, 3.05) is 7.11 Å². The molecule has 1 aromatic carbocycles. The van der Waals surface area contributed by atoms with E-state index in [0.717, 1.165) is 19.3 Å². The number of carbonyl (C=O) groups is 1. The molecule has 0 aliphatic rings. The molecule has 1 aromatic rings. The van der Waals surface area contributed by atoms with Crippen LogP contribution in [0.5, 0.6) is 0 Å². The molecule has 82 valence electrons. The second kappa shape index (κ2) is 6.23. The van der Waals surface area contributed by atoms with Gasteiger partial charge in [-0.25, -0.2) is 0 Å². The van der Waals surface area contributed by atoms with Crippen molar-refractivity contribution < 1.29 is 9.53 Å². The summed E-state index contributed by atoms with van der Waals surface area (Å²) >= 11 is 0. The van der Waals surface area contributed by atoms with E-state index in [1.807, 2.05) is 6.07 Å². The van der Waals surface area contributed by atoms with E-state index >= 15 is 0 Å². The van der Waals surface area contributed by atoms with Crippen molar-refractivity contribution in [1.29, 1.82) is 0 Å². The smallest absolute Gasteiger partial charge is 0.305 e. The second-order valence-corrected chi connectivity index (χ2v) is 3.55. The van der Waals surface area contributed by atoms with E-state index in [1.54, 1.807) is 0 Å². The Morgan fingerprint density at radius 1 is 1.27 bits per heavy atom. The molecule has 2 nitrogen and oxygen atoms in total. The maximum absolute atomic E-state index is 10.9. The minimum atomic E-state index is -0.121. The third kappa shape index (κ3) is 3.74. The van der Waals surface area contributed by atoms with Crippen LogP contribution in [0.2, 0.25) is 0 Å². The van der Waals surface area contributed by atoms with Gasteiger partial charge in [-0.2, -0.15) is 0 Å². The molecule has 0 aromatic heterocycles. The highest BCUT2D eigenvalue weighted by Crippen LogP contribution is 2.12. The summed E-state index contributed by atoms with van der Waals surface area (Å²) < 4.78 is 4.61. The summed E-state index contributed by atoms with van der Waals surface area (Å²) in [6, 6.07) is 8.39. The number of ether oxygens (including phenoxy) is 1. The lowest BCUT2D eigenvalue weighted by atomic mass is 10.0. The molecule has 0 fully saturated rings. The minimum absolute atomic E-state index is 0.121.